The molecule has 29 heavy (non-hydrogen) atoms. The average Bonchev–Trinajstić information content (AvgIpc) is 2.72. The minimum atomic E-state index is -0.395. The molecular formula is C23H23N3O3. The Labute approximate surface area is 169 Å². The number of amides is 1. The van der Waals surface area contributed by atoms with Crippen molar-refractivity contribution in [2.75, 3.05) is 17.2 Å². The van der Waals surface area contributed by atoms with E-state index in [1.807, 2.05) is 38.1 Å². The van der Waals surface area contributed by atoms with Gasteiger partial charge in [-0.25, -0.2) is 9.78 Å². The maximum Gasteiger partial charge on any atom is 0.340 e. The van der Waals surface area contributed by atoms with Crippen LogP contribution in [-0.4, -0.2) is 23.5 Å². The van der Waals surface area contributed by atoms with E-state index in [1.54, 1.807) is 43.5 Å². The standard InChI is InChI=1S/C23H23N3O3/c1-4-29-23(28)18-9-5-6-10-20(18)25-17-12-13-21(24-14-17)22(27)26-19-11-7-8-15(2)16(19)3/h5-14,25H,4H2,1-3H3,(H,26,27). The van der Waals surface area contributed by atoms with Gasteiger partial charge >= 0.3 is 5.97 Å². The van der Waals surface area contributed by atoms with Gasteiger partial charge in [0.05, 0.1) is 29.7 Å². The molecule has 3 aromatic rings. The molecule has 6 nitrogen and oxygen atoms in total. The molecular weight excluding hydrogens is 366 g/mol. The Morgan fingerprint density at radius 3 is 2.45 bits per heavy atom. The summed E-state index contributed by atoms with van der Waals surface area (Å²) in [6, 6.07) is 16.2. The van der Waals surface area contributed by atoms with Crippen molar-refractivity contribution in [3.05, 3.63) is 83.2 Å². The normalized spacial score (nSPS) is 10.3. The van der Waals surface area contributed by atoms with Crippen LogP contribution in [0.25, 0.3) is 0 Å². The SMILES string of the molecule is CCOC(=O)c1ccccc1Nc1ccc(C(=O)Nc2cccc(C)c2C)nc1. The first kappa shape index (κ1) is 20.1. The second-order valence-corrected chi connectivity index (χ2v) is 6.52. The number of aromatic nitrogens is 1. The van der Waals surface area contributed by atoms with E-state index in [4.69, 9.17) is 4.74 Å². The van der Waals surface area contributed by atoms with E-state index in [1.165, 1.54) is 0 Å². The van der Waals surface area contributed by atoms with Crippen LogP contribution in [0.15, 0.2) is 60.8 Å². The van der Waals surface area contributed by atoms with Gasteiger partial charge < -0.3 is 15.4 Å². The Morgan fingerprint density at radius 1 is 0.966 bits per heavy atom. The number of anilines is 3. The van der Waals surface area contributed by atoms with Crippen LogP contribution in [0, 0.1) is 13.8 Å². The maximum atomic E-state index is 12.5. The highest BCUT2D eigenvalue weighted by atomic mass is 16.5. The van der Waals surface area contributed by atoms with Crippen LogP contribution in [0.5, 0.6) is 0 Å². The van der Waals surface area contributed by atoms with E-state index in [9.17, 15) is 9.59 Å². The van der Waals surface area contributed by atoms with Crippen LogP contribution in [-0.2, 0) is 4.74 Å². The van der Waals surface area contributed by atoms with Crippen molar-refractivity contribution in [2.24, 2.45) is 0 Å². The van der Waals surface area contributed by atoms with Gasteiger partial charge in [-0.2, -0.15) is 0 Å². The smallest absolute Gasteiger partial charge is 0.340 e. The monoisotopic (exact) mass is 389 g/mol. The van der Waals surface area contributed by atoms with E-state index in [0.29, 0.717) is 29.2 Å². The summed E-state index contributed by atoms with van der Waals surface area (Å²) in [6.45, 7) is 6.03. The third kappa shape index (κ3) is 4.79. The van der Waals surface area contributed by atoms with Gasteiger partial charge in [-0.05, 0) is 62.2 Å². The largest absolute Gasteiger partial charge is 0.462 e. The van der Waals surface area contributed by atoms with E-state index in [2.05, 4.69) is 15.6 Å². The van der Waals surface area contributed by atoms with E-state index in [-0.39, 0.29) is 5.91 Å². The van der Waals surface area contributed by atoms with Crippen LogP contribution in [0.2, 0.25) is 0 Å². The topological polar surface area (TPSA) is 80.3 Å². The van der Waals surface area contributed by atoms with Gasteiger partial charge in [0.2, 0.25) is 0 Å². The van der Waals surface area contributed by atoms with Gasteiger partial charge in [0.25, 0.3) is 5.91 Å². The van der Waals surface area contributed by atoms with Crippen molar-refractivity contribution in [3.63, 3.8) is 0 Å². The molecule has 0 aliphatic heterocycles. The lowest BCUT2D eigenvalue weighted by atomic mass is 10.1. The molecule has 0 saturated heterocycles. The summed E-state index contributed by atoms with van der Waals surface area (Å²) >= 11 is 0. The Morgan fingerprint density at radius 2 is 1.72 bits per heavy atom. The van der Waals surface area contributed by atoms with E-state index >= 15 is 0 Å². The number of benzene rings is 2. The summed E-state index contributed by atoms with van der Waals surface area (Å²) in [7, 11) is 0. The number of ether oxygens (including phenoxy) is 1. The minimum absolute atomic E-state index is 0.280. The molecule has 148 valence electrons. The van der Waals surface area contributed by atoms with Crippen LogP contribution < -0.4 is 10.6 Å². The van der Waals surface area contributed by atoms with Crippen molar-refractivity contribution >= 4 is 28.9 Å². The van der Waals surface area contributed by atoms with Crippen molar-refractivity contribution in [2.45, 2.75) is 20.8 Å². The molecule has 0 spiro atoms. The minimum Gasteiger partial charge on any atom is -0.462 e. The Balaban J connectivity index is 1.73. The molecule has 3 rings (SSSR count). The predicted octanol–water partition coefficient (Wildman–Crippen LogP) is 4.87. The number of esters is 1. The number of carbonyl (C=O) groups is 2. The van der Waals surface area contributed by atoms with Gasteiger partial charge in [-0.1, -0.05) is 24.3 Å². The van der Waals surface area contributed by atoms with Gasteiger partial charge in [0.1, 0.15) is 5.69 Å². The zero-order valence-corrected chi connectivity index (χ0v) is 16.7. The van der Waals surface area contributed by atoms with Crippen molar-refractivity contribution in [1.29, 1.82) is 0 Å². The molecule has 0 aliphatic carbocycles. The molecule has 0 saturated carbocycles. The molecule has 2 N–H and O–H groups in total. The quantitative estimate of drug-likeness (QED) is 0.588. The number of hydrogen-bond acceptors (Lipinski definition) is 5. The molecule has 6 heteroatoms. The summed E-state index contributed by atoms with van der Waals surface area (Å²) in [6.07, 6.45) is 1.56. The van der Waals surface area contributed by atoms with Gasteiger partial charge in [0.15, 0.2) is 0 Å². The van der Waals surface area contributed by atoms with Crippen LogP contribution in [0.3, 0.4) is 0 Å². The third-order valence-electron chi connectivity index (χ3n) is 4.55. The summed E-state index contributed by atoms with van der Waals surface area (Å²) in [5, 5.41) is 6.04. The average molecular weight is 389 g/mol. The second-order valence-electron chi connectivity index (χ2n) is 6.52. The van der Waals surface area contributed by atoms with Crippen molar-refractivity contribution in [1.82, 2.24) is 4.98 Å². The number of hydrogen-bond donors (Lipinski definition) is 2. The van der Waals surface area contributed by atoms with Crippen LogP contribution in [0.4, 0.5) is 17.1 Å². The number of aryl methyl sites for hydroxylation is 1. The maximum absolute atomic E-state index is 12.5. The Bertz CT molecular complexity index is 1030. The predicted molar refractivity (Wildman–Crippen MR) is 114 cm³/mol. The highest BCUT2D eigenvalue weighted by molar-refractivity contribution is 6.03. The lowest BCUT2D eigenvalue weighted by Gasteiger charge is -2.12. The summed E-state index contributed by atoms with van der Waals surface area (Å²) in [5.74, 6) is -0.676. The Hall–Kier alpha value is -3.67. The molecule has 0 aliphatic rings. The molecule has 1 amide bonds. The van der Waals surface area contributed by atoms with Gasteiger partial charge in [-0.15, -0.1) is 0 Å². The fraction of sp³-hybridized carbons (Fsp3) is 0.174. The first-order chi connectivity index (χ1) is 14.0. The van der Waals surface area contributed by atoms with E-state index in [0.717, 1.165) is 16.8 Å². The first-order valence-corrected chi connectivity index (χ1v) is 9.36. The number of carbonyl (C=O) groups excluding carboxylic acids is 2. The summed E-state index contributed by atoms with van der Waals surface area (Å²) in [5.41, 5.74) is 4.90. The number of nitrogens with zero attached hydrogens (tertiary/aromatic N) is 1. The van der Waals surface area contributed by atoms with Gasteiger partial charge in [0, 0.05) is 5.69 Å². The zero-order chi connectivity index (χ0) is 20.8. The molecule has 0 atom stereocenters. The third-order valence-corrected chi connectivity index (χ3v) is 4.55. The summed E-state index contributed by atoms with van der Waals surface area (Å²) in [4.78, 5) is 28.8. The highest BCUT2D eigenvalue weighted by Gasteiger charge is 2.13. The first-order valence-electron chi connectivity index (χ1n) is 9.36. The lowest BCUT2D eigenvalue weighted by molar-refractivity contribution is 0.0527. The molecule has 2 aromatic carbocycles. The zero-order valence-electron chi connectivity index (χ0n) is 16.7. The van der Waals surface area contributed by atoms with Crippen molar-refractivity contribution in [3.8, 4) is 0 Å². The van der Waals surface area contributed by atoms with E-state index < -0.39 is 5.97 Å². The second kappa shape index (κ2) is 9.01. The van der Waals surface area contributed by atoms with Crippen LogP contribution in [0.1, 0.15) is 38.9 Å². The summed E-state index contributed by atoms with van der Waals surface area (Å²) < 4.78 is 5.08. The van der Waals surface area contributed by atoms with Gasteiger partial charge in [-0.3, -0.25) is 4.79 Å². The Kier molecular flexibility index (Phi) is 6.24. The molecule has 0 unspecified atom stereocenters. The lowest BCUT2D eigenvalue weighted by Crippen LogP contribution is -2.14. The number of rotatable bonds is 6. The number of para-hydroxylation sites is 1. The number of pyridine rings is 1. The molecule has 0 bridgehead atoms. The fourth-order valence-electron chi connectivity index (χ4n) is 2.81. The fourth-order valence-corrected chi connectivity index (χ4v) is 2.81. The molecule has 0 radical (unpaired) electrons. The highest BCUT2D eigenvalue weighted by Crippen LogP contribution is 2.22. The molecule has 0 fully saturated rings. The van der Waals surface area contributed by atoms with Crippen molar-refractivity contribution < 1.29 is 14.3 Å². The molecule has 1 aromatic heterocycles. The molecule has 1 heterocycles. The number of nitrogens with one attached hydrogen (secondary N) is 2. The van der Waals surface area contributed by atoms with Crippen LogP contribution >= 0.6 is 0 Å².